The number of nitrogens with zero attached hydrogens (tertiary/aromatic N) is 1. The summed E-state index contributed by atoms with van der Waals surface area (Å²) in [6.07, 6.45) is 3.46. The Morgan fingerprint density at radius 1 is 1.31 bits per heavy atom. The highest BCUT2D eigenvalue weighted by Crippen LogP contribution is 2.13. The zero-order valence-corrected chi connectivity index (χ0v) is 9.40. The second-order valence-electron chi connectivity index (χ2n) is 3.47. The van der Waals surface area contributed by atoms with Gasteiger partial charge in [0, 0.05) is 6.21 Å². The number of rotatable bonds is 4. The molecule has 0 unspecified atom stereocenters. The monoisotopic (exact) mass is 219 g/mol. The number of benzene rings is 1. The van der Waals surface area contributed by atoms with Gasteiger partial charge in [-0.15, -0.1) is 0 Å². The van der Waals surface area contributed by atoms with Crippen molar-refractivity contribution >= 4 is 6.21 Å². The van der Waals surface area contributed by atoms with Gasteiger partial charge in [-0.25, -0.2) is 9.38 Å². The van der Waals surface area contributed by atoms with E-state index in [4.69, 9.17) is 4.74 Å². The van der Waals surface area contributed by atoms with Crippen molar-refractivity contribution in [1.29, 1.82) is 0 Å². The summed E-state index contributed by atoms with van der Waals surface area (Å²) in [5.74, 6) is 0.482. The summed E-state index contributed by atoms with van der Waals surface area (Å²) in [6.45, 7) is 7.56. The molecule has 0 bridgehead atoms. The Hall–Kier alpha value is -1.90. The predicted octanol–water partition coefficient (Wildman–Crippen LogP) is 3.71. The maximum absolute atomic E-state index is 12.6. The molecule has 0 atom stereocenters. The van der Waals surface area contributed by atoms with Crippen molar-refractivity contribution in [3.63, 3.8) is 0 Å². The Kier molecular flexibility index (Phi) is 4.45. The van der Waals surface area contributed by atoms with E-state index in [-0.39, 0.29) is 11.7 Å². The van der Waals surface area contributed by atoms with E-state index >= 15 is 0 Å². The van der Waals surface area contributed by atoms with E-state index in [1.54, 1.807) is 6.21 Å². The second-order valence-corrected chi connectivity index (χ2v) is 3.47. The van der Waals surface area contributed by atoms with Crippen molar-refractivity contribution in [2.75, 3.05) is 0 Å². The molecule has 0 fully saturated rings. The molecule has 0 saturated heterocycles. The molecule has 2 nitrogen and oxygen atoms in total. The van der Waals surface area contributed by atoms with Crippen LogP contribution in [-0.4, -0.2) is 6.21 Å². The Labute approximate surface area is 94.8 Å². The first kappa shape index (κ1) is 12.2. The Balaban J connectivity index is 2.55. The summed E-state index contributed by atoms with van der Waals surface area (Å²) in [5.41, 5.74) is 1.14. The van der Waals surface area contributed by atoms with Gasteiger partial charge in [0.25, 0.3) is 0 Å². The molecule has 84 valence electrons. The minimum absolute atomic E-state index is 0.268. The van der Waals surface area contributed by atoms with Crippen LogP contribution in [0.2, 0.25) is 0 Å². The summed E-state index contributed by atoms with van der Waals surface area (Å²) in [4.78, 5) is 3.97. The van der Waals surface area contributed by atoms with Crippen LogP contribution in [0.25, 0.3) is 0 Å². The third-order valence-corrected chi connectivity index (χ3v) is 1.68. The van der Waals surface area contributed by atoms with Crippen molar-refractivity contribution in [2.45, 2.75) is 13.8 Å². The van der Waals surface area contributed by atoms with E-state index in [1.807, 2.05) is 19.9 Å². The van der Waals surface area contributed by atoms with Crippen LogP contribution < -0.4 is 4.74 Å². The molecular formula is C13H14FNO. The number of hydrogen-bond acceptors (Lipinski definition) is 2. The molecule has 16 heavy (non-hydrogen) atoms. The van der Waals surface area contributed by atoms with Crippen molar-refractivity contribution < 1.29 is 9.13 Å². The maximum atomic E-state index is 12.6. The molecule has 0 aliphatic heterocycles. The fourth-order valence-corrected chi connectivity index (χ4v) is 0.935. The van der Waals surface area contributed by atoms with Gasteiger partial charge >= 0.3 is 0 Å². The van der Waals surface area contributed by atoms with Gasteiger partial charge in [0.1, 0.15) is 11.6 Å². The summed E-state index contributed by atoms with van der Waals surface area (Å²) in [5, 5.41) is 0. The third-order valence-electron chi connectivity index (χ3n) is 1.68. The lowest BCUT2D eigenvalue weighted by Gasteiger charge is -2.03. The molecule has 0 amide bonds. The highest BCUT2D eigenvalue weighted by atomic mass is 19.1. The number of hydrogen-bond donors (Lipinski definition) is 0. The smallest absolute Gasteiger partial charge is 0.211 e. The van der Waals surface area contributed by atoms with Gasteiger partial charge in [-0.3, -0.25) is 0 Å². The van der Waals surface area contributed by atoms with Crippen LogP contribution in [0.1, 0.15) is 13.8 Å². The number of aliphatic imine (C=N–C) groups is 1. The minimum Gasteiger partial charge on any atom is -0.440 e. The molecule has 1 aromatic carbocycles. The SMILES string of the molecule is C=C(/N=C\C=C(C)C)Oc1ccc(F)cc1. The molecule has 1 aromatic rings. The number of halogens is 1. The molecule has 0 spiro atoms. The number of allylic oxidation sites excluding steroid dienone is 2. The zero-order valence-electron chi connectivity index (χ0n) is 9.40. The molecule has 0 aromatic heterocycles. The second kappa shape index (κ2) is 5.85. The Morgan fingerprint density at radius 2 is 1.94 bits per heavy atom. The van der Waals surface area contributed by atoms with Crippen molar-refractivity contribution in [1.82, 2.24) is 0 Å². The largest absolute Gasteiger partial charge is 0.440 e. The van der Waals surface area contributed by atoms with Crippen LogP contribution in [0.3, 0.4) is 0 Å². The first-order valence-corrected chi connectivity index (χ1v) is 4.88. The minimum atomic E-state index is -0.300. The molecule has 0 radical (unpaired) electrons. The van der Waals surface area contributed by atoms with Crippen molar-refractivity contribution in [2.24, 2.45) is 4.99 Å². The van der Waals surface area contributed by atoms with Gasteiger partial charge in [0.05, 0.1) is 0 Å². The van der Waals surface area contributed by atoms with Gasteiger partial charge in [0.2, 0.25) is 5.88 Å². The lowest BCUT2D eigenvalue weighted by atomic mass is 10.3. The summed E-state index contributed by atoms with van der Waals surface area (Å²) < 4.78 is 17.9. The average molecular weight is 219 g/mol. The summed E-state index contributed by atoms with van der Waals surface area (Å²) >= 11 is 0. The highest BCUT2D eigenvalue weighted by Gasteiger charge is 1.95. The van der Waals surface area contributed by atoms with Crippen LogP contribution in [0, 0.1) is 5.82 Å². The van der Waals surface area contributed by atoms with Crippen LogP contribution in [0.5, 0.6) is 5.75 Å². The van der Waals surface area contributed by atoms with E-state index in [9.17, 15) is 4.39 Å². The molecule has 0 aliphatic rings. The Bertz CT molecular complexity index is 414. The van der Waals surface area contributed by atoms with E-state index < -0.39 is 0 Å². The van der Waals surface area contributed by atoms with E-state index in [0.29, 0.717) is 5.75 Å². The van der Waals surface area contributed by atoms with Gasteiger partial charge in [-0.05, 0) is 50.8 Å². The number of ether oxygens (including phenoxy) is 1. The van der Waals surface area contributed by atoms with E-state index in [1.165, 1.54) is 24.3 Å². The van der Waals surface area contributed by atoms with Crippen molar-refractivity contribution in [3.8, 4) is 5.75 Å². The zero-order chi connectivity index (χ0) is 12.0. The lowest BCUT2D eigenvalue weighted by molar-refractivity contribution is 0.423. The predicted molar refractivity (Wildman–Crippen MR) is 64.1 cm³/mol. The van der Waals surface area contributed by atoms with Gasteiger partial charge < -0.3 is 4.74 Å². The third kappa shape index (κ3) is 4.55. The summed E-state index contributed by atoms with van der Waals surface area (Å²) in [6, 6.07) is 5.69. The average Bonchev–Trinajstić information content (AvgIpc) is 2.21. The van der Waals surface area contributed by atoms with Gasteiger partial charge in [-0.2, -0.15) is 0 Å². The maximum Gasteiger partial charge on any atom is 0.211 e. The van der Waals surface area contributed by atoms with Crippen LogP contribution in [0.15, 0.2) is 53.4 Å². The van der Waals surface area contributed by atoms with E-state index in [0.717, 1.165) is 5.57 Å². The molecule has 0 saturated carbocycles. The fourth-order valence-electron chi connectivity index (χ4n) is 0.935. The summed E-state index contributed by atoms with van der Waals surface area (Å²) in [7, 11) is 0. The fraction of sp³-hybridized carbons (Fsp3) is 0.154. The van der Waals surface area contributed by atoms with Crippen LogP contribution in [-0.2, 0) is 0 Å². The molecule has 3 heteroatoms. The standard InChI is InChI=1S/C13H14FNO/c1-10(2)8-9-15-11(3)16-13-6-4-12(14)5-7-13/h4-9H,3H2,1-2H3/b15-9-. The quantitative estimate of drug-likeness (QED) is 0.558. The molecule has 0 heterocycles. The van der Waals surface area contributed by atoms with Crippen LogP contribution >= 0.6 is 0 Å². The highest BCUT2D eigenvalue weighted by molar-refractivity contribution is 5.72. The molecule has 0 N–H and O–H groups in total. The van der Waals surface area contributed by atoms with Gasteiger partial charge in [-0.1, -0.05) is 5.57 Å². The first-order valence-electron chi connectivity index (χ1n) is 4.88. The normalized spacial score (nSPS) is 10.2. The lowest BCUT2D eigenvalue weighted by Crippen LogP contribution is -1.90. The van der Waals surface area contributed by atoms with Gasteiger partial charge in [0.15, 0.2) is 0 Å². The Morgan fingerprint density at radius 3 is 2.50 bits per heavy atom. The molecule has 0 aliphatic carbocycles. The topological polar surface area (TPSA) is 21.6 Å². The molecular weight excluding hydrogens is 205 g/mol. The van der Waals surface area contributed by atoms with Crippen molar-refractivity contribution in [3.05, 3.63) is 54.2 Å². The van der Waals surface area contributed by atoms with Crippen LogP contribution in [0.4, 0.5) is 4.39 Å². The molecule has 1 rings (SSSR count). The first-order chi connectivity index (χ1) is 7.58. The van der Waals surface area contributed by atoms with E-state index in [2.05, 4.69) is 11.6 Å².